The van der Waals surface area contributed by atoms with Gasteiger partial charge in [0.25, 0.3) is 0 Å². The number of aliphatic hydroxyl groups is 2. The second kappa shape index (κ2) is 5.67. The number of aromatic nitrogens is 4. The van der Waals surface area contributed by atoms with Crippen LogP contribution in [0.1, 0.15) is 26.5 Å². The number of nitrogens with zero attached hydrogens (tertiary/aromatic N) is 4. The number of aliphatic hydroxyl groups excluding tert-OH is 2. The number of hydrogen-bond acceptors (Lipinski definition) is 8. The fraction of sp³-hybridized carbons (Fsp3) is 0.615. The molecule has 0 unspecified atom stereocenters. The molecule has 0 amide bonds. The van der Waals surface area contributed by atoms with E-state index in [1.807, 2.05) is 13.8 Å². The molecule has 1 aliphatic rings. The zero-order chi connectivity index (χ0) is 15.9. The van der Waals surface area contributed by atoms with Gasteiger partial charge in [0.15, 0.2) is 17.0 Å². The van der Waals surface area contributed by atoms with Gasteiger partial charge < -0.3 is 25.4 Å². The quantitative estimate of drug-likeness (QED) is 0.710. The zero-order valence-corrected chi connectivity index (χ0v) is 12.4. The average molecular weight is 309 g/mol. The van der Waals surface area contributed by atoms with E-state index in [1.165, 1.54) is 6.33 Å². The highest BCUT2D eigenvalue weighted by Gasteiger charge is 2.35. The summed E-state index contributed by atoms with van der Waals surface area (Å²) in [5.41, 5.74) is 6.81. The molecule has 3 rings (SSSR count). The topological polar surface area (TPSA) is 129 Å². The minimum atomic E-state index is -0.738. The van der Waals surface area contributed by atoms with Gasteiger partial charge in [-0.05, 0) is 13.8 Å². The van der Waals surface area contributed by atoms with Gasteiger partial charge in [-0.25, -0.2) is 4.98 Å². The molecule has 2 aromatic heterocycles. The molecule has 9 heteroatoms. The summed E-state index contributed by atoms with van der Waals surface area (Å²) in [7, 11) is 0. The van der Waals surface area contributed by atoms with E-state index in [-0.39, 0.29) is 24.5 Å². The molecule has 0 aliphatic carbocycles. The Kier molecular flexibility index (Phi) is 3.85. The van der Waals surface area contributed by atoms with E-state index in [0.717, 1.165) is 0 Å². The third-order valence-electron chi connectivity index (χ3n) is 3.46. The average Bonchev–Trinajstić information content (AvgIpc) is 3.01. The lowest BCUT2D eigenvalue weighted by atomic mass is 10.2. The normalized spacial score (nSPS) is 25.2. The lowest BCUT2D eigenvalue weighted by Gasteiger charge is -2.14. The monoisotopic (exact) mass is 309 g/mol. The van der Waals surface area contributed by atoms with E-state index < -0.39 is 18.4 Å². The molecular weight excluding hydrogens is 290 g/mol. The highest BCUT2D eigenvalue weighted by Crippen LogP contribution is 2.31. The first-order valence-corrected chi connectivity index (χ1v) is 7.10. The largest absolute Gasteiger partial charge is 0.461 e. The van der Waals surface area contributed by atoms with Crippen LogP contribution >= 0.6 is 0 Å². The third kappa shape index (κ3) is 2.58. The molecular formula is C13H19N5O4. The van der Waals surface area contributed by atoms with Crippen LogP contribution in [0.4, 0.5) is 5.82 Å². The zero-order valence-electron chi connectivity index (χ0n) is 12.4. The summed E-state index contributed by atoms with van der Waals surface area (Å²) in [5.74, 6) is 0.219. The molecule has 0 spiro atoms. The van der Waals surface area contributed by atoms with E-state index in [2.05, 4.69) is 15.0 Å². The highest BCUT2D eigenvalue weighted by atomic mass is 16.5. The number of nitrogen functional groups attached to an aromatic ring is 1. The number of hydrogen-bond donors (Lipinski definition) is 3. The van der Waals surface area contributed by atoms with Crippen LogP contribution in [0.2, 0.25) is 0 Å². The minimum absolute atomic E-state index is 0.0865. The van der Waals surface area contributed by atoms with Crippen LogP contribution in [0, 0.1) is 0 Å². The molecule has 1 aliphatic heterocycles. The van der Waals surface area contributed by atoms with E-state index in [0.29, 0.717) is 17.6 Å². The smallest absolute Gasteiger partial charge is 0.320 e. The van der Waals surface area contributed by atoms with Crippen molar-refractivity contribution in [3.8, 4) is 6.01 Å². The Morgan fingerprint density at radius 2 is 2.27 bits per heavy atom. The van der Waals surface area contributed by atoms with Gasteiger partial charge in [0.2, 0.25) is 0 Å². The summed E-state index contributed by atoms with van der Waals surface area (Å²) < 4.78 is 12.8. The van der Waals surface area contributed by atoms with Crippen LogP contribution in [0.5, 0.6) is 6.01 Å². The Labute approximate surface area is 126 Å². The Bertz CT molecular complexity index is 674. The second-order valence-electron chi connectivity index (χ2n) is 5.50. The standard InChI is InChI=1S/C13H19N5O4/c1-6(2)21-13-16-11(14)10-12(17-13)18(5-15-10)9-3-7(20)8(4-19)22-9/h5-9,19-20H,3-4H2,1-2H3,(H2,14,16,17)/t7-,8+,9+/m0/s1. The first kappa shape index (κ1) is 14.9. The van der Waals surface area contributed by atoms with Gasteiger partial charge in [-0.1, -0.05) is 0 Å². The summed E-state index contributed by atoms with van der Waals surface area (Å²) in [4.78, 5) is 12.6. The Morgan fingerprint density at radius 3 is 2.91 bits per heavy atom. The van der Waals surface area contributed by atoms with E-state index in [9.17, 15) is 10.2 Å². The van der Waals surface area contributed by atoms with Crippen molar-refractivity contribution in [3.63, 3.8) is 0 Å². The maximum absolute atomic E-state index is 9.86. The molecule has 0 aromatic carbocycles. The maximum Gasteiger partial charge on any atom is 0.320 e. The number of anilines is 1. The van der Waals surface area contributed by atoms with Crippen LogP contribution < -0.4 is 10.5 Å². The fourth-order valence-electron chi connectivity index (χ4n) is 2.44. The van der Waals surface area contributed by atoms with Crippen molar-refractivity contribution in [1.82, 2.24) is 19.5 Å². The summed E-state index contributed by atoms with van der Waals surface area (Å²) >= 11 is 0. The van der Waals surface area contributed by atoms with Crippen LogP contribution in [0.3, 0.4) is 0 Å². The predicted octanol–water partition coefficient (Wildman–Crippen LogP) is -0.164. The van der Waals surface area contributed by atoms with Gasteiger partial charge in [0.05, 0.1) is 25.1 Å². The Balaban J connectivity index is 1.98. The van der Waals surface area contributed by atoms with Gasteiger partial charge in [0, 0.05) is 6.42 Å². The van der Waals surface area contributed by atoms with E-state index in [4.69, 9.17) is 15.2 Å². The van der Waals surface area contributed by atoms with Crippen molar-refractivity contribution in [2.24, 2.45) is 0 Å². The summed E-state index contributed by atoms with van der Waals surface area (Å²) in [6.07, 6.45) is -0.0478. The number of imidazole rings is 1. The third-order valence-corrected chi connectivity index (χ3v) is 3.46. The highest BCUT2D eigenvalue weighted by molar-refractivity contribution is 5.82. The first-order chi connectivity index (χ1) is 10.5. The predicted molar refractivity (Wildman–Crippen MR) is 77.1 cm³/mol. The molecule has 2 aromatic rings. The van der Waals surface area contributed by atoms with Gasteiger partial charge in [-0.15, -0.1) is 0 Å². The van der Waals surface area contributed by atoms with Crippen molar-refractivity contribution in [1.29, 1.82) is 0 Å². The van der Waals surface area contributed by atoms with Crippen molar-refractivity contribution in [3.05, 3.63) is 6.33 Å². The van der Waals surface area contributed by atoms with Crippen LogP contribution in [0.15, 0.2) is 6.33 Å². The SMILES string of the molecule is CC(C)Oc1nc(N)c2ncn([C@H]3C[C@H](O)[C@@H](CO)O3)c2n1. The molecule has 120 valence electrons. The minimum Gasteiger partial charge on any atom is -0.461 e. The van der Waals surface area contributed by atoms with Gasteiger partial charge in [0.1, 0.15) is 12.3 Å². The molecule has 4 N–H and O–H groups in total. The molecule has 9 nitrogen and oxygen atoms in total. The molecule has 22 heavy (non-hydrogen) atoms. The van der Waals surface area contributed by atoms with Crippen molar-refractivity contribution >= 4 is 17.0 Å². The molecule has 1 fully saturated rings. The number of ether oxygens (including phenoxy) is 2. The van der Waals surface area contributed by atoms with E-state index in [1.54, 1.807) is 4.57 Å². The molecule has 0 radical (unpaired) electrons. The lowest BCUT2D eigenvalue weighted by molar-refractivity contribution is -0.0432. The van der Waals surface area contributed by atoms with Gasteiger partial charge in [-0.2, -0.15) is 9.97 Å². The Morgan fingerprint density at radius 1 is 1.50 bits per heavy atom. The Hall–Kier alpha value is -1.97. The molecule has 0 saturated carbocycles. The molecule has 0 bridgehead atoms. The van der Waals surface area contributed by atoms with Gasteiger partial charge in [-0.3, -0.25) is 4.57 Å². The number of fused-ring (bicyclic) bond motifs is 1. The summed E-state index contributed by atoms with van der Waals surface area (Å²) in [6.45, 7) is 3.48. The molecule has 3 atom stereocenters. The summed E-state index contributed by atoms with van der Waals surface area (Å²) in [6, 6.07) is 0.166. The van der Waals surface area contributed by atoms with Crippen molar-refractivity contribution in [2.45, 2.75) is 44.8 Å². The lowest BCUT2D eigenvalue weighted by Crippen LogP contribution is -2.24. The second-order valence-corrected chi connectivity index (χ2v) is 5.50. The summed E-state index contributed by atoms with van der Waals surface area (Å²) in [5, 5.41) is 19.0. The van der Waals surface area contributed by atoms with Crippen molar-refractivity contribution in [2.75, 3.05) is 12.3 Å². The van der Waals surface area contributed by atoms with Crippen LogP contribution in [0.25, 0.3) is 11.2 Å². The van der Waals surface area contributed by atoms with Gasteiger partial charge >= 0.3 is 6.01 Å². The fourth-order valence-corrected chi connectivity index (χ4v) is 2.44. The molecule has 1 saturated heterocycles. The number of nitrogens with two attached hydrogens (primary N) is 1. The molecule has 3 heterocycles. The number of rotatable bonds is 4. The van der Waals surface area contributed by atoms with E-state index >= 15 is 0 Å². The maximum atomic E-state index is 9.86. The van der Waals surface area contributed by atoms with Crippen molar-refractivity contribution < 1.29 is 19.7 Å². The van der Waals surface area contributed by atoms with Crippen LogP contribution in [-0.4, -0.2) is 54.7 Å². The van der Waals surface area contributed by atoms with Crippen LogP contribution in [-0.2, 0) is 4.74 Å². The first-order valence-electron chi connectivity index (χ1n) is 7.10.